The predicted octanol–water partition coefficient (Wildman–Crippen LogP) is 7.17. The Bertz CT molecular complexity index is 1100. The summed E-state index contributed by atoms with van der Waals surface area (Å²) in [5.41, 5.74) is 4.85. The van der Waals surface area contributed by atoms with Crippen molar-refractivity contribution in [3.63, 3.8) is 0 Å². The maximum absolute atomic E-state index is 12.5. The summed E-state index contributed by atoms with van der Waals surface area (Å²) in [4.78, 5) is 18.4. The number of aromatic nitrogens is 1. The zero-order chi connectivity index (χ0) is 20.9. The van der Waals surface area contributed by atoms with Gasteiger partial charge in [0.25, 0.3) is 0 Å². The minimum Gasteiger partial charge on any atom is -0.325 e. The fraction of sp³-hybridized carbons (Fsp3) is 0.0833. The number of halogens is 1. The molecule has 1 amide bonds. The molecule has 0 unspecified atom stereocenters. The van der Waals surface area contributed by atoms with Gasteiger partial charge in [0.05, 0.1) is 16.3 Å². The second kappa shape index (κ2) is 9.47. The van der Waals surface area contributed by atoms with E-state index in [-0.39, 0.29) is 11.7 Å². The molecule has 1 N–H and O–H groups in total. The van der Waals surface area contributed by atoms with Gasteiger partial charge in [-0.3, -0.25) is 4.79 Å². The van der Waals surface area contributed by atoms with Crippen LogP contribution in [0.3, 0.4) is 0 Å². The van der Waals surface area contributed by atoms with Crippen LogP contribution in [-0.2, 0) is 4.79 Å². The van der Waals surface area contributed by atoms with E-state index >= 15 is 0 Å². The molecule has 150 valence electrons. The Kier molecular flexibility index (Phi) is 6.53. The maximum atomic E-state index is 12.5. The summed E-state index contributed by atoms with van der Waals surface area (Å²) in [6.45, 7) is 1.94. The molecular weight excluding hydrogens is 432 g/mol. The zero-order valence-electron chi connectivity index (χ0n) is 16.3. The van der Waals surface area contributed by atoms with Gasteiger partial charge in [0, 0.05) is 16.3 Å². The monoisotopic (exact) mass is 450 g/mol. The van der Waals surface area contributed by atoms with E-state index in [1.54, 1.807) is 17.4 Å². The molecule has 0 spiro atoms. The summed E-state index contributed by atoms with van der Waals surface area (Å²) in [6.07, 6.45) is 0. The van der Waals surface area contributed by atoms with Crippen molar-refractivity contribution in [1.82, 2.24) is 4.98 Å². The van der Waals surface area contributed by atoms with E-state index in [1.807, 2.05) is 55.5 Å². The standard InChI is InChI=1S/C24H19ClN2OS2/c1-16-12-13-19(25)14-20(16)26-21(28)15-29-24-27-22(17-8-4-2-5-9-17)23(30-24)18-10-6-3-7-11-18/h2-14H,15H2,1H3,(H,26,28). The normalized spacial score (nSPS) is 10.7. The third kappa shape index (κ3) is 4.93. The van der Waals surface area contributed by atoms with E-state index in [4.69, 9.17) is 16.6 Å². The van der Waals surface area contributed by atoms with Gasteiger partial charge in [-0.25, -0.2) is 4.98 Å². The van der Waals surface area contributed by atoms with Crippen molar-refractivity contribution < 1.29 is 4.79 Å². The number of carbonyl (C=O) groups is 1. The number of hydrogen-bond donors (Lipinski definition) is 1. The van der Waals surface area contributed by atoms with Gasteiger partial charge in [-0.1, -0.05) is 90.1 Å². The summed E-state index contributed by atoms with van der Waals surface area (Å²) in [7, 11) is 0. The molecule has 0 aliphatic heterocycles. The first-order valence-corrected chi connectivity index (χ1v) is 11.6. The molecule has 0 saturated heterocycles. The van der Waals surface area contributed by atoms with Crippen LogP contribution in [0.4, 0.5) is 5.69 Å². The number of anilines is 1. The molecule has 0 aliphatic rings. The Labute approximate surface area is 189 Å². The SMILES string of the molecule is Cc1ccc(Cl)cc1NC(=O)CSc1nc(-c2ccccc2)c(-c2ccccc2)s1. The van der Waals surface area contributed by atoms with Crippen molar-refractivity contribution in [3.05, 3.63) is 89.4 Å². The van der Waals surface area contributed by atoms with Crippen molar-refractivity contribution in [3.8, 4) is 21.7 Å². The van der Waals surface area contributed by atoms with E-state index in [2.05, 4.69) is 29.6 Å². The second-order valence-corrected chi connectivity index (χ2v) is 9.34. The van der Waals surface area contributed by atoms with Crippen LogP contribution in [-0.4, -0.2) is 16.6 Å². The minimum absolute atomic E-state index is 0.0805. The predicted molar refractivity (Wildman–Crippen MR) is 129 cm³/mol. The smallest absolute Gasteiger partial charge is 0.234 e. The highest BCUT2D eigenvalue weighted by Crippen LogP contribution is 2.40. The summed E-state index contributed by atoms with van der Waals surface area (Å²) < 4.78 is 0.866. The van der Waals surface area contributed by atoms with Crippen LogP contribution in [0, 0.1) is 6.92 Å². The summed E-state index contributed by atoms with van der Waals surface area (Å²) in [5, 5.41) is 3.54. The van der Waals surface area contributed by atoms with Crippen LogP contribution >= 0.6 is 34.7 Å². The summed E-state index contributed by atoms with van der Waals surface area (Å²) >= 11 is 9.10. The van der Waals surface area contributed by atoms with Crippen molar-refractivity contribution in [2.24, 2.45) is 0 Å². The van der Waals surface area contributed by atoms with Gasteiger partial charge in [0.2, 0.25) is 5.91 Å². The van der Waals surface area contributed by atoms with Crippen LogP contribution in [0.5, 0.6) is 0 Å². The van der Waals surface area contributed by atoms with E-state index in [0.29, 0.717) is 5.02 Å². The largest absolute Gasteiger partial charge is 0.325 e. The highest BCUT2D eigenvalue weighted by Gasteiger charge is 2.16. The Morgan fingerprint density at radius 3 is 2.37 bits per heavy atom. The van der Waals surface area contributed by atoms with E-state index in [9.17, 15) is 4.79 Å². The van der Waals surface area contributed by atoms with Crippen molar-refractivity contribution in [1.29, 1.82) is 0 Å². The molecule has 3 nitrogen and oxygen atoms in total. The number of thioether (sulfide) groups is 1. The molecule has 4 aromatic rings. The first kappa shape index (κ1) is 20.7. The van der Waals surface area contributed by atoms with Crippen molar-refractivity contribution in [2.45, 2.75) is 11.3 Å². The molecule has 6 heteroatoms. The molecule has 0 bridgehead atoms. The molecule has 30 heavy (non-hydrogen) atoms. The van der Waals surface area contributed by atoms with Gasteiger partial charge in [0.1, 0.15) is 0 Å². The van der Waals surface area contributed by atoms with Crippen molar-refractivity contribution >= 4 is 46.3 Å². The molecule has 4 rings (SSSR count). The first-order chi connectivity index (χ1) is 14.6. The number of nitrogens with one attached hydrogen (secondary N) is 1. The van der Waals surface area contributed by atoms with Gasteiger partial charge in [-0.2, -0.15) is 0 Å². The molecule has 3 aromatic carbocycles. The van der Waals surface area contributed by atoms with Gasteiger partial charge in [-0.05, 0) is 30.2 Å². The highest BCUT2D eigenvalue weighted by atomic mass is 35.5. The molecular formula is C24H19ClN2OS2. The highest BCUT2D eigenvalue weighted by molar-refractivity contribution is 8.01. The molecule has 1 aromatic heterocycles. The lowest BCUT2D eigenvalue weighted by atomic mass is 10.1. The second-order valence-electron chi connectivity index (χ2n) is 6.69. The van der Waals surface area contributed by atoms with Gasteiger partial charge in [0.15, 0.2) is 4.34 Å². The van der Waals surface area contributed by atoms with Crippen LogP contribution in [0.25, 0.3) is 21.7 Å². The quantitative estimate of drug-likeness (QED) is 0.316. The third-order valence-corrected chi connectivity index (χ3v) is 6.97. The Hall–Kier alpha value is -2.60. The molecule has 0 saturated carbocycles. The topological polar surface area (TPSA) is 42.0 Å². The Morgan fingerprint density at radius 2 is 1.67 bits per heavy atom. The first-order valence-electron chi connectivity index (χ1n) is 9.40. The summed E-state index contributed by atoms with van der Waals surface area (Å²) in [5.74, 6) is 0.199. The van der Waals surface area contributed by atoms with E-state index in [1.165, 1.54) is 11.8 Å². The lowest BCUT2D eigenvalue weighted by Crippen LogP contribution is -2.14. The number of rotatable bonds is 6. The fourth-order valence-corrected chi connectivity index (χ4v) is 5.12. The number of hydrogen-bond acceptors (Lipinski definition) is 4. The van der Waals surface area contributed by atoms with E-state index in [0.717, 1.165) is 37.3 Å². The van der Waals surface area contributed by atoms with Gasteiger partial charge in [-0.15, -0.1) is 11.3 Å². The molecule has 1 heterocycles. The lowest BCUT2D eigenvalue weighted by Gasteiger charge is -2.08. The van der Waals surface area contributed by atoms with Crippen LogP contribution in [0.1, 0.15) is 5.56 Å². The van der Waals surface area contributed by atoms with Crippen LogP contribution < -0.4 is 5.32 Å². The lowest BCUT2D eigenvalue weighted by molar-refractivity contribution is -0.113. The third-order valence-electron chi connectivity index (χ3n) is 4.49. The fourth-order valence-electron chi connectivity index (χ4n) is 2.98. The maximum Gasteiger partial charge on any atom is 0.234 e. The van der Waals surface area contributed by atoms with Gasteiger partial charge >= 0.3 is 0 Å². The molecule has 0 aliphatic carbocycles. The van der Waals surface area contributed by atoms with Gasteiger partial charge < -0.3 is 5.32 Å². The molecule has 0 atom stereocenters. The number of aryl methyl sites for hydroxylation is 1. The Morgan fingerprint density at radius 1 is 1.00 bits per heavy atom. The minimum atomic E-state index is -0.0805. The van der Waals surface area contributed by atoms with Crippen molar-refractivity contribution in [2.75, 3.05) is 11.1 Å². The number of amides is 1. The zero-order valence-corrected chi connectivity index (χ0v) is 18.7. The number of benzene rings is 3. The number of carbonyl (C=O) groups excluding carboxylic acids is 1. The number of nitrogens with zero attached hydrogens (tertiary/aromatic N) is 1. The average Bonchev–Trinajstić information content (AvgIpc) is 3.20. The molecule has 0 radical (unpaired) electrons. The van der Waals surface area contributed by atoms with Crippen LogP contribution in [0.15, 0.2) is 83.2 Å². The molecule has 0 fully saturated rings. The summed E-state index contributed by atoms with van der Waals surface area (Å²) in [6, 6.07) is 25.8. The number of thiazole rings is 1. The average molecular weight is 451 g/mol. The van der Waals surface area contributed by atoms with Crippen LogP contribution in [0.2, 0.25) is 5.02 Å². The Balaban J connectivity index is 1.54. The van der Waals surface area contributed by atoms with E-state index < -0.39 is 0 Å².